The van der Waals surface area contributed by atoms with Crippen LogP contribution in [0.5, 0.6) is 0 Å². The number of pyridine rings is 1. The highest BCUT2D eigenvalue weighted by Crippen LogP contribution is 2.41. The fraction of sp³-hybridized carbons (Fsp3) is 0.217. The standard InChI is InChI=1S/C23H21N5O/c29-22(18-9-12-24-25-16-18)27-14-10-23(11-15-27,19-6-2-1-3-7-19)20-17-28-13-5-4-8-21(28)26-20/h1-9,12-13,16-17H,10-11,14-15H2. The van der Waals surface area contributed by atoms with Gasteiger partial charge in [0, 0.05) is 30.9 Å². The van der Waals surface area contributed by atoms with Crippen molar-refractivity contribution in [2.24, 2.45) is 0 Å². The zero-order valence-corrected chi connectivity index (χ0v) is 16.0. The van der Waals surface area contributed by atoms with Crippen LogP contribution in [0.2, 0.25) is 0 Å². The largest absolute Gasteiger partial charge is 0.339 e. The number of piperidine rings is 1. The number of aromatic nitrogens is 4. The number of benzene rings is 1. The van der Waals surface area contributed by atoms with E-state index in [2.05, 4.69) is 45.1 Å². The molecule has 1 aliphatic rings. The van der Waals surface area contributed by atoms with Gasteiger partial charge in [-0.15, -0.1) is 0 Å². The molecule has 1 amide bonds. The maximum absolute atomic E-state index is 12.9. The quantitative estimate of drug-likeness (QED) is 0.544. The van der Waals surface area contributed by atoms with E-state index in [1.807, 2.05) is 35.4 Å². The lowest BCUT2D eigenvalue weighted by Gasteiger charge is -2.41. The molecule has 5 rings (SSSR count). The summed E-state index contributed by atoms with van der Waals surface area (Å²) in [4.78, 5) is 19.7. The van der Waals surface area contributed by atoms with Crippen LogP contribution < -0.4 is 0 Å². The molecule has 0 unspecified atom stereocenters. The highest BCUT2D eigenvalue weighted by Gasteiger charge is 2.41. The summed E-state index contributed by atoms with van der Waals surface area (Å²) in [7, 11) is 0. The van der Waals surface area contributed by atoms with Crippen LogP contribution in [0.4, 0.5) is 0 Å². The number of imidazole rings is 1. The van der Waals surface area contributed by atoms with Crippen LogP contribution in [0.1, 0.15) is 34.5 Å². The number of likely N-dealkylation sites (tertiary alicyclic amines) is 1. The fourth-order valence-electron chi connectivity index (χ4n) is 4.31. The molecule has 29 heavy (non-hydrogen) atoms. The van der Waals surface area contributed by atoms with E-state index in [0.29, 0.717) is 18.7 Å². The smallest absolute Gasteiger partial charge is 0.255 e. The van der Waals surface area contributed by atoms with Gasteiger partial charge in [-0.05, 0) is 36.6 Å². The van der Waals surface area contributed by atoms with Gasteiger partial charge in [-0.3, -0.25) is 4.79 Å². The predicted octanol–water partition coefficient (Wildman–Crippen LogP) is 3.35. The van der Waals surface area contributed by atoms with E-state index in [0.717, 1.165) is 24.2 Å². The molecular weight excluding hydrogens is 362 g/mol. The van der Waals surface area contributed by atoms with Gasteiger partial charge in [-0.1, -0.05) is 36.4 Å². The number of nitrogens with zero attached hydrogens (tertiary/aromatic N) is 5. The SMILES string of the molecule is O=C(c1ccnnc1)N1CCC(c2ccccc2)(c2cn3ccccc3n2)CC1. The zero-order valence-electron chi connectivity index (χ0n) is 16.0. The highest BCUT2D eigenvalue weighted by molar-refractivity contribution is 5.93. The molecule has 1 saturated heterocycles. The lowest BCUT2D eigenvalue weighted by Crippen LogP contribution is -2.46. The molecule has 4 heterocycles. The van der Waals surface area contributed by atoms with Gasteiger partial charge in [-0.25, -0.2) is 4.98 Å². The maximum Gasteiger partial charge on any atom is 0.255 e. The predicted molar refractivity (Wildman–Crippen MR) is 110 cm³/mol. The van der Waals surface area contributed by atoms with Crippen molar-refractivity contribution >= 4 is 11.6 Å². The first-order valence-electron chi connectivity index (χ1n) is 9.82. The van der Waals surface area contributed by atoms with Crippen molar-refractivity contribution in [1.82, 2.24) is 24.5 Å². The topological polar surface area (TPSA) is 63.4 Å². The molecule has 3 aromatic heterocycles. The minimum atomic E-state index is -0.208. The van der Waals surface area contributed by atoms with Crippen molar-refractivity contribution in [3.05, 3.63) is 96.2 Å². The lowest BCUT2D eigenvalue weighted by molar-refractivity contribution is 0.0683. The normalized spacial score (nSPS) is 16.1. The molecule has 6 heteroatoms. The second-order valence-corrected chi connectivity index (χ2v) is 7.46. The second-order valence-electron chi connectivity index (χ2n) is 7.46. The van der Waals surface area contributed by atoms with Crippen molar-refractivity contribution in [3.8, 4) is 0 Å². The summed E-state index contributed by atoms with van der Waals surface area (Å²) in [6, 6.07) is 18.3. The molecule has 0 N–H and O–H groups in total. The van der Waals surface area contributed by atoms with Crippen LogP contribution in [-0.4, -0.2) is 43.5 Å². The Bertz CT molecular complexity index is 1100. The molecule has 0 radical (unpaired) electrons. The van der Waals surface area contributed by atoms with E-state index in [4.69, 9.17) is 4.98 Å². The monoisotopic (exact) mass is 383 g/mol. The third-order valence-electron chi connectivity index (χ3n) is 5.92. The van der Waals surface area contributed by atoms with Crippen LogP contribution in [0, 0.1) is 0 Å². The van der Waals surface area contributed by atoms with Crippen molar-refractivity contribution < 1.29 is 4.79 Å². The molecule has 6 nitrogen and oxygen atoms in total. The summed E-state index contributed by atoms with van der Waals surface area (Å²) in [5.41, 5.74) is 3.63. The number of carbonyl (C=O) groups is 1. The van der Waals surface area contributed by atoms with Crippen molar-refractivity contribution in [1.29, 1.82) is 0 Å². The number of amides is 1. The molecule has 0 spiro atoms. The Labute approximate surface area is 168 Å². The van der Waals surface area contributed by atoms with Crippen molar-refractivity contribution in [2.75, 3.05) is 13.1 Å². The number of rotatable bonds is 3. The first kappa shape index (κ1) is 17.6. The van der Waals surface area contributed by atoms with E-state index < -0.39 is 0 Å². The number of carbonyl (C=O) groups excluding carboxylic acids is 1. The van der Waals surface area contributed by atoms with Gasteiger partial charge in [0.15, 0.2) is 0 Å². The van der Waals surface area contributed by atoms with E-state index in [1.165, 1.54) is 11.8 Å². The molecule has 1 aromatic carbocycles. The first-order valence-corrected chi connectivity index (χ1v) is 9.82. The molecular formula is C23H21N5O. The van der Waals surface area contributed by atoms with Crippen molar-refractivity contribution in [2.45, 2.75) is 18.3 Å². The molecule has 0 aliphatic carbocycles. The Morgan fingerprint density at radius 1 is 0.931 bits per heavy atom. The third-order valence-corrected chi connectivity index (χ3v) is 5.92. The van der Waals surface area contributed by atoms with E-state index in [-0.39, 0.29) is 11.3 Å². The van der Waals surface area contributed by atoms with Gasteiger partial charge in [-0.2, -0.15) is 10.2 Å². The van der Waals surface area contributed by atoms with Crippen molar-refractivity contribution in [3.63, 3.8) is 0 Å². The lowest BCUT2D eigenvalue weighted by atomic mass is 9.70. The maximum atomic E-state index is 12.9. The van der Waals surface area contributed by atoms with Gasteiger partial charge in [0.2, 0.25) is 0 Å². The van der Waals surface area contributed by atoms with Crippen LogP contribution in [-0.2, 0) is 5.41 Å². The average molecular weight is 383 g/mol. The molecule has 0 atom stereocenters. The van der Waals surface area contributed by atoms with Crippen LogP contribution in [0.25, 0.3) is 5.65 Å². The summed E-state index contributed by atoms with van der Waals surface area (Å²) in [5, 5.41) is 7.60. The Kier molecular flexibility index (Phi) is 4.31. The molecule has 4 aromatic rings. The first-order chi connectivity index (χ1) is 14.3. The number of hydrogen-bond donors (Lipinski definition) is 0. The number of fused-ring (bicyclic) bond motifs is 1. The summed E-state index contributed by atoms with van der Waals surface area (Å²) in [6.07, 6.45) is 8.90. The van der Waals surface area contributed by atoms with E-state index >= 15 is 0 Å². The van der Waals surface area contributed by atoms with E-state index in [1.54, 1.807) is 12.3 Å². The molecule has 1 fully saturated rings. The minimum Gasteiger partial charge on any atom is -0.339 e. The average Bonchev–Trinajstić information content (AvgIpc) is 3.25. The van der Waals surface area contributed by atoms with Crippen LogP contribution in [0.3, 0.4) is 0 Å². The Hall–Kier alpha value is -3.54. The van der Waals surface area contributed by atoms with Gasteiger partial charge in [0.25, 0.3) is 5.91 Å². The highest BCUT2D eigenvalue weighted by atomic mass is 16.2. The summed E-state index contributed by atoms with van der Waals surface area (Å²) < 4.78 is 2.07. The Morgan fingerprint density at radius 2 is 1.72 bits per heavy atom. The summed E-state index contributed by atoms with van der Waals surface area (Å²) in [5.74, 6) is 0.0107. The second kappa shape index (κ2) is 7.13. The van der Waals surface area contributed by atoms with Gasteiger partial charge >= 0.3 is 0 Å². The molecule has 1 aliphatic heterocycles. The molecule has 144 valence electrons. The Morgan fingerprint density at radius 3 is 2.45 bits per heavy atom. The summed E-state index contributed by atoms with van der Waals surface area (Å²) in [6.45, 7) is 1.34. The molecule has 0 saturated carbocycles. The third kappa shape index (κ3) is 3.06. The van der Waals surface area contributed by atoms with Gasteiger partial charge in [0.05, 0.1) is 23.7 Å². The number of hydrogen-bond acceptors (Lipinski definition) is 4. The fourth-order valence-corrected chi connectivity index (χ4v) is 4.31. The van der Waals surface area contributed by atoms with Gasteiger partial charge in [0.1, 0.15) is 5.65 Å². The Balaban J connectivity index is 1.50. The molecule has 0 bridgehead atoms. The van der Waals surface area contributed by atoms with E-state index in [9.17, 15) is 4.79 Å². The zero-order chi connectivity index (χ0) is 19.7. The van der Waals surface area contributed by atoms with Crippen LogP contribution >= 0.6 is 0 Å². The minimum absolute atomic E-state index is 0.0107. The van der Waals surface area contributed by atoms with Gasteiger partial charge < -0.3 is 9.30 Å². The van der Waals surface area contributed by atoms with Crippen LogP contribution in [0.15, 0.2) is 79.4 Å². The summed E-state index contributed by atoms with van der Waals surface area (Å²) >= 11 is 0.